The van der Waals surface area contributed by atoms with Crippen LogP contribution in [0.2, 0.25) is 0 Å². The number of fused-ring (bicyclic) bond motifs is 1. The highest BCUT2D eigenvalue weighted by atomic mass is 32.1. The van der Waals surface area contributed by atoms with Crippen LogP contribution in [0.25, 0.3) is 11.3 Å². The number of nitrogens with zero attached hydrogens (tertiary/aromatic N) is 2. The lowest BCUT2D eigenvalue weighted by Gasteiger charge is -2.45. The SMILES string of the molecule is CC(=O)OC[C@H]1O[C@@H](n2c3c(c(-c4ccco4)c(C#N)c2=S)CCC3)[C@@H](OC(C)=O)[C@@H](OC(C)=O)[C@@H]1OC(C)=O. The average molecular weight is 573 g/mol. The van der Waals surface area contributed by atoms with E-state index in [1.165, 1.54) is 13.2 Å². The summed E-state index contributed by atoms with van der Waals surface area (Å²) < 4.78 is 35.5. The van der Waals surface area contributed by atoms with Crippen LogP contribution in [-0.2, 0) is 55.7 Å². The lowest BCUT2D eigenvalue weighted by molar-refractivity contribution is -0.269. The molecule has 0 saturated carbocycles. The van der Waals surface area contributed by atoms with E-state index in [-0.39, 0.29) is 16.8 Å². The number of pyridine rings is 1. The molecule has 0 amide bonds. The molecule has 0 aromatic carbocycles. The molecule has 3 heterocycles. The molecule has 0 N–H and O–H groups in total. The third-order valence-corrected chi connectivity index (χ3v) is 6.96. The predicted molar refractivity (Wildman–Crippen MR) is 137 cm³/mol. The maximum absolute atomic E-state index is 12.3. The van der Waals surface area contributed by atoms with Gasteiger partial charge in [0.25, 0.3) is 0 Å². The Bertz CT molecular complexity index is 1420. The summed E-state index contributed by atoms with van der Waals surface area (Å²) in [5, 5.41) is 10.2. The van der Waals surface area contributed by atoms with Crippen LogP contribution in [0.1, 0.15) is 57.2 Å². The van der Waals surface area contributed by atoms with Crippen LogP contribution in [0.15, 0.2) is 22.8 Å². The number of aromatic nitrogens is 1. The number of hydrogen-bond donors (Lipinski definition) is 0. The molecular formula is C27H28N2O10S. The highest BCUT2D eigenvalue weighted by molar-refractivity contribution is 7.71. The van der Waals surface area contributed by atoms with Crippen molar-refractivity contribution in [2.45, 2.75) is 77.6 Å². The number of furan rings is 1. The van der Waals surface area contributed by atoms with E-state index in [1.54, 1.807) is 16.7 Å². The van der Waals surface area contributed by atoms with Crippen molar-refractivity contribution < 1.29 is 47.3 Å². The van der Waals surface area contributed by atoms with Crippen LogP contribution < -0.4 is 0 Å². The van der Waals surface area contributed by atoms with Crippen molar-refractivity contribution in [2.24, 2.45) is 0 Å². The van der Waals surface area contributed by atoms with Gasteiger partial charge in [0.05, 0.1) is 11.8 Å². The van der Waals surface area contributed by atoms with Crippen LogP contribution in [0.4, 0.5) is 0 Å². The van der Waals surface area contributed by atoms with Crippen molar-refractivity contribution in [3.63, 3.8) is 0 Å². The lowest BCUT2D eigenvalue weighted by Crippen LogP contribution is -2.60. The third kappa shape index (κ3) is 5.78. The summed E-state index contributed by atoms with van der Waals surface area (Å²) >= 11 is 5.81. The van der Waals surface area contributed by atoms with Crippen molar-refractivity contribution in [2.75, 3.05) is 6.61 Å². The number of carbonyl (C=O) groups excluding carboxylic acids is 4. The van der Waals surface area contributed by atoms with Crippen LogP contribution >= 0.6 is 12.2 Å². The van der Waals surface area contributed by atoms with Crippen molar-refractivity contribution in [1.29, 1.82) is 5.26 Å². The molecule has 2 aromatic heterocycles. The quantitative estimate of drug-likeness (QED) is 0.272. The summed E-state index contributed by atoms with van der Waals surface area (Å²) in [5.41, 5.74) is 2.26. The molecule has 5 atom stereocenters. The topological polar surface area (TPSA) is 156 Å². The number of hydrogen-bond acceptors (Lipinski definition) is 12. The molecule has 0 radical (unpaired) electrons. The first-order chi connectivity index (χ1) is 19.0. The minimum atomic E-state index is -1.36. The third-order valence-electron chi connectivity index (χ3n) is 6.56. The summed E-state index contributed by atoms with van der Waals surface area (Å²) in [7, 11) is 0. The monoisotopic (exact) mass is 572 g/mol. The predicted octanol–water partition coefficient (Wildman–Crippen LogP) is 3.09. The second-order valence-corrected chi connectivity index (χ2v) is 9.77. The van der Waals surface area contributed by atoms with Gasteiger partial charge < -0.3 is 32.7 Å². The fraction of sp³-hybridized carbons (Fsp3) is 0.481. The Morgan fingerprint density at radius 3 is 2.23 bits per heavy atom. The highest BCUT2D eigenvalue weighted by Crippen LogP contribution is 2.42. The second kappa shape index (κ2) is 12.0. The molecule has 4 rings (SSSR count). The van der Waals surface area contributed by atoms with E-state index in [0.29, 0.717) is 24.2 Å². The first-order valence-corrected chi connectivity index (χ1v) is 13.0. The molecule has 1 aliphatic carbocycles. The molecule has 40 heavy (non-hydrogen) atoms. The molecule has 1 aliphatic heterocycles. The van der Waals surface area contributed by atoms with Gasteiger partial charge in [-0.05, 0) is 37.0 Å². The van der Waals surface area contributed by atoms with Crippen LogP contribution in [0.3, 0.4) is 0 Å². The van der Waals surface area contributed by atoms with Crippen molar-refractivity contribution in [3.05, 3.63) is 39.9 Å². The molecule has 0 bridgehead atoms. The zero-order valence-electron chi connectivity index (χ0n) is 22.3. The van der Waals surface area contributed by atoms with Gasteiger partial charge >= 0.3 is 23.9 Å². The number of rotatable bonds is 7. The first-order valence-electron chi connectivity index (χ1n) is 12.6. The maximum atomic E-state index is 12.3. The molecule has 1 saturated heterocycles. The summed E-state index contributed by atoms with van der Waals surface area (Å²) in [4.78, 5) is 48.2. The molecule has 0 spiro atoms. The number of carbonyl (C=O) groups is 4. The molecule has 212 valence electrons. The van der Waals surface area contributed by atoms with E-state index in [9.17, 15) is 24.4 Å². The van der Waals surface area contributed by atoms with Crippen molar-refractivity contribution in [3.8, 4) is 17.4 Å². The summed E-state index contributed by atoms with van der Waals surface area (Å²) in [5.74, 6) is -2.35. The van der Waals surface area contributed by atoms with Gasteiger partial charge in [-0.1, -0.05) is 12.2 Å². The number of esters is 4. The first kappa shape index (κ1) is 29.0. The van der Waals surface area contributed by atoms with Gasteiger partial charge in [0, 0.05) is 39.0 Å². The number of nitriles is 1. The summed E-state index contributed by atoms with van der Waals surface area (Å²) in [6, 6.07) is 5.62. The maximum Gasteiger partial charge on any atom is 0.303 e. The highest BCUT2D eigenvalue weighted by Gasteiger charge is 2.53. The molecule has 0 unspecified atom stereocenters. The van der Waals surface area contributed by atoms with Crippen LogP contribution in [0.5, 0.6) is 0 Å². The fourth-order valence-electron chi connectivity index (χ4n) is 5.24. The molecule has 2 aromatic rings. The average Bonchev–Trinajstić information content (AvgIpc) is 3.57. The zero-order chi connectivity index (χ0) is 29.1. The minimum Gasteiger partial charge on any atom is -0.464 e. The Hall–Kier alpha value is -4.02. The Morgan fingerprint density at radius 1 is 1.00 bits per heavy atom. The Morgan fingerprint density at radius 2 is 1.65 bits per heavy atom. The smallest absolute Gasteiger partial charge is 0.303 e. The largest absolute Gasteiger partial charge is 0.464 e. The van der Waals surface area contributed by atoms with Gasteiger partial charge in [-0.3, -0.25) is 19.2 Å². The van der Waals surface area contributed by atoms with E-state index in [4.69, 9.17) is 40.3 Å². The van der Waals surface area contributed by atoms with E-state index in [1.807, 2.05) is 0 Å². The molecule has 12 nitrogen and oxygen atoms in total. The lowest BCUT2D eigenvalue weighted by atomic mass is 9.95. The van der Waals surface area contributed by atoms with Crippen LogP contribution in [0, 0.1) is 16.0 Å². The Balaban J connectivity index is 1.95. The Labute approximate surface area is 234 Å². The van der Waals surface area contributed by atoms with Crippen molar-refractivity contribution in [1.82, 2.24) is 4.57 Å². The van der Waals surface area contributed by atoms with Gasteiger partial charge in [-0.15, -0.1) is 0 Å². The molecule has 1 fully saturated rings. The van der Waals surface area contributed by atoms with Gasteiger partial charge in [0.2, 0.25) is 0 Å². The van der Waals surface area contributed by atoms with Crippen molar-refractivity contribution >= 4 is 36.1 Å². The normalized spacial score (nSPS) is 23.4. The fourth-order valence-corrected chi connectivity index (χ4v) is 5.60. The van der Waals surface area contributed by atoms with E-state index in [2.05, 4.69) is 6.07 Å². The second-order valence-electron chi connectivity index (χ2n) is 9.38. The number of ether oxygens (including phenoxy) is 5. The zero-order valence-corrected chi connectivity index (χ0v) is 23.1. The molecule has 2 aliphatic rings. The summed E-state index contributed by atoms with van der Waals surface area (Å²) in [6.45, 7) is 4.28. The van der Waals surface area contributed by atoms with Gasteiger partial charge in [-0.2, -0.15) is 5.26 Å². The van der Waals surface area contributed by atoms with E-state index < -0.39 is 54.5 Å². The minimum absolute atomic E-state index is 0.0791. The standard InChI is InChI=1S/C27H28N2O10S/c1-13(30)35-12-21-23(36-14(2)31)24(37-15(3)32)25(38-16(4)33)26(39-21)29-19-8-5-7-17(19)22(18(11-28)27(29)40)20-9-6-10-34-20/h6,9-10,21,23-26H,5,7-8,12H2,1-4H3/t21-,23-,24+,25+,26-/m1/s1. The Kier molecular flexibility index (Phi) is 8.70. The van der Waals surface area contributed by atoms with Gasteiger partial charge in [0.1, 0.15) is 29.2 Å². The van der Waals surface area contributed by atoms with E-state index >= 15 is 0 Å². The van der Waals surface area contributed by atoms with Crippen LogP contribution in [-0.4, -0.2) is 59.5 Å². The molecular weight excluding hydrogens is 544 g/mol. The van der Waals surface area contributed by atoms with Gasteiger partial charge in [-0.25, -0.2) is 0 Å². The van der Waals surface area contributed by atoms with Gasteiger partial charge in [0.15, 0.2) is 24.5 Å². The molecule has 13 heteroatoms. The van der Waals surface area contributed by atoms with E-state index in [0.717, 1.165) is 38.4 Å². The summed E-state index contributed by atoms with van der Waals surface area (Å²) in [6.07, 6.45) is -3.01.